The van der Waals surface area contributed by atoms with Gasteiger partial charge in [-0.1, -0.05) is 23.4 Å². The molecule has 0 saturated carbocycles. The number of carbonyl (C=O) groups excluding carboxylic acids is 1. The van der Waals surface area contributed by atoms with Gasteiger partial charge in [-0.3, -0.25) is 4.79 Å². The Morgan fingerprint density at radius 2 is 2.14 bits per heavy atom. The van der Waals surface area contributed by atoms with Gasteiger partial charge in [0.2, 0.25) is 0 Å². The maximum absolute atomic E-state index is 12.3. The minimum Gasteiger partial charge on any atom is -0.344 e. The Morgan fingerprint density at radius 3 is 2.76 bits per heavy atom. The van der Waals surface area contributed by atoms with E-state index in [0.717, 1.165) is 5.69 Å². The van der Waals surface area contributed by atoms with E-state index < -0.39 is 0 Å². The molecule has 1 heterocycles. The Balaban J connectivity index is 2.31. The largest absolute Gasteiger partial charge is 0.344 e. The van der Waals surface area contributed by atoms with Crippen LogP contribution in [0.15, 0.2) is 30.3 Å². The quantitative estimate of drug-likeness (QED) is 0.838. The molecular formula is C16H16ClN3O. The van der Waals surface area contributed by atoms with Gasteiger partial charge >= 0.3 is 0 Å². The number of nitrogens with zero attached hydrogens (tertiary/aromatic N) is 1. The highest BCUT2D eigenvalue weighted by Crippen LogP contribution is 2.21. The van der Waals surface area contributed by atoms with Crippen molar-refractivity contribution in [3.63, 3.8) is 0 Å². The summed E-state index contributed by atoms with van der Waals surface area (Å²) in [5.74, 6) is 5.48. The smallest absolute Gasteiger partial charge is 0.272 e. The molecule has 0 bridgehead atoms. The molecule has 4 nitrogen and oxygen atoms in total. The average Bonchev–Trinajstić information content (AvgIpc) is 2.79. The second kappa shape index (κ2) is 6.49. The molecule has 0 radical (unpaired) electrons. The molecule has 0 aliphatic heterocycles. The van der Waals surface area contributed by atoms with Crippen LogP contribution in [-0.2, 0) is 7.05 Å². The summed E-state index contributed by atoms with van der Waals surface area (Å²) in [4.78, 5) is 12.3. The van der Waals surface area contributed by atoms with Crippen molar-refractivity contribution in [1.82, 2.24) is 4.57 Å². The second-order valence-corrected chi connectivity index (χ2v) is 5.01. The minimum atomic E-state index is -0.191. The molecule has 1 amide bonds. The summed E-state index contributed by atoms with van der Waals surface area (Å²) in [6.07, 6.45) is 0. The van der Waals surface area contributed by atoms with Crippen LogP contribution in [0.25, 0.3) is 0 Å². The summed E-state index contributed by atoms with van der Waals surface area (Å²) in [5.41, 5.74) is 8.24. The Labute approximate surface area is 128 Å². The zero-order valence-electron chi connectivity index (χ0n) is 11.9. The number of anilines is 1. The van der Waals surface area contributed by atoms with Gasteiger partial charge in [0.25, 0.3) is 5.91 Å². The van der Waals surface area contributed by atoms with E-state index in [9.17, 15) is 4.79 Å². The van der Waals surface area contributed by atoms with Crippen LogP contribution in [0.4, 0.5) is 5.69 Å². The number of nitrogens with two attached hydrogens (primary N) is 1. The Morgan fingerprint density at radius 1 is 1.38 bits per heavy atom. The van der Waals surface area contributed by atoms with E-state index in [4.69, 9.17) is 17.3 Å². The predicted molar refractivity (Wildman–Crippen MR) is 85.5 cm³/mol. The first-order chi connectivity index (χ1) is 10.0. The van der Waals surface area contributed by atoms with E-state index in [2.05, 4.69) is 17.2 Å². The molecule has 0 aliphatic carbocycles. The van der Waals surface area contributed by atoms with Crippen molar-refractivity contribution in [3.05, 3.63) is 52.3 Å². The van der Waals surface area contributed by atoms with Crippen molar-refractivity contribution < 1.29 is 4.79 Å². The Hall–Kier alpha value is -2.22. The van der Waals surface area contributed by atoms with Gasteiger partial charge in [0.15, 0.2) is 0 Å². The molecule has 2 rings (SSSR count). The normalized spacial score (nSPS) is 9.90. The first kappa shape index (κ1) is 15.2. The zero-order valence-corrected chi connectivity index (χ0v) is 12.7. The lowest BCUT2D eigenvalue weighted by atomic mass is 10.1. The number of halogens is 1. The highest BCUT2D eigenvalue weighted by molar-refractivity contribution is 6.30. The fourth-order valence-electron chi connectivity index (χ4n) is 1.90. The maximum atomic E-state index is 12.3. The zero-order chi connectivity index (χ0) is 15.4. The van der Waals surface area contributed by atoms with Gasteiger partial charge in [-0.2, -0.15) is 0 Å². The van der Waals surface area contributed by atoms with Crippen molar-refractivity contribution in [2.45, 2.75) is 6.92 Å². The van der Waals surface area contributed by atoms with Crippen LogP contribution in [0, 0.1) is 18.8 Å². The lowest BCUT2D eigenvalue weighted by molar-refractivity contribution is 0.101. The molecule has 108 valence electrons. The lowest BCUT2D eigenvalue weighted by Crippen LogP contribution is -2.16. The van der Waals surface area contributed by atoms with Crippen LogP contribution in [0.5, 0.6) is 0 Å². The van der Waals surface area contributed by atoms with Crippen LogP contribution in [-0.4, -0.2) is 17.0 Å². The molecule has 1 aromatic heterocycles. The molecule has 5 heteroatoms. The molecular weight excluding hydrogens is 286 g/mol. The van der Waals surface area contributed by atoms with E-state index in [1.54, 1.807) is 24.3 Å². The maximum Gasteiger partial charge on any atom is 0.272 e. The number of hydrogen-bond donors (Lipinski definition) is 2. The predicted octanol–water partition coefficient (Wildman–Crippen LogP) is 2.55. The van der Waals surface area contributed by atoms with Gasteiger partial charge in [-0.05, 0) is 37.3 Å². The van der Waals surface area contributed by atoms with Crippen LogP contribution in [0.1, 0.15) is 21.7 Å². The monoisotopic (exact) mass is 301 g/mol. The number of rotatable bonds is 2. The highest BCUT2D eigenvalue weighted by atomic mass is 35.5. The third kappa shape index (κ3) is 3.46. The SMILES string of the molecule is Cc1ccc(C(=O)Nc2ccc(Cl)cc2C#CCN)n1C. The molecule has 0 spiro atoms. The molecule has 3 N–H and O–H groups in total. The molecule has 0 saturated heterocycles. The molecule has 1 aromatic carbocycles. The van der Waals surface area contributed by atoms with E-state index in [-0.39, 0.29) is 12.5 Å². The summed E-state index contributed by atoms with van der Waals surface area (Å²) in [6, 6.07) is 8.82. The van der Waals surface area contributed by atoms with E-state index >= 15 is 0 Å². The van der Waals surface area contributed by atoms with E-state index in [0.29, 0.717) is 22.0 Å². The second-order valence-electron chi connectivity index (χ2n) is 4.57. The minimum absolute atomic E-state index is 0.191. The lowest BCUT2D eigenvalue weighted by Gasteiger charge is -2.09. The van der Waals surface area contributed by atoms with Crippen molar-refractivity contribution >= 4 is 23.2 Å². The fraction of sp³-hybridized carbons (Fsp3) is 0.188. The van der Waals surface area contributed by atoms with E-state index in [1.807, 2.05) is 24.6 Å². The fourth-order valence-corrected chi connectivity index (χ4v) is 2.07. The van der Waals surface area contributed by atoms with Crippen LogP contribution < -0.4 is 11.1 Å². The summed E-state index contributed by atoms with van der Waals surface area (Å²) in [5, 5.41) is 3.41. The van der Waals surface area contributed by atoms with Gasteiger partial charge < -0.3 is 15.6 Å². The first-order valence-electron chi connectivity index (χ1n) is 6.45. The highest BCUT2D eigenvalue weighted by Gasteiger charge is 2.12. The van der Waals surface area contributed by atoms with Gasteiger partial charge in [0, 0.05) is 23.3 Å². The van der Waals surface area contributed by atoms with Crippen LogP contribution in [0.2, 0.25) is 5.02 Å². The first-order valence-corrected chi connectivity index (χ1v) is 6.83. The van der Waals surface area contributed by atoms with Gasteiger partial charge in [0.05, 0.1) is 12.2 Å². The standard InChI is InChI=1S/C16H16ClN3O/c1-11-5-8-15(20(11)2)16(21)19-14-7-6-13(17)10-12(14)4-3-9-18/h5-8,10H,9,18H2,1-2H3,(H,19,21). The number of aryl methyl sites for hydroxylation is 1. The summed E-state index contributed by atoms with van der Waals surface area (Å²) < 4.78 is 1.83. The summed E-state index contributed by atoms with van der Waals surface area (Å²) in [7, 11) is 1.85. The molecule has 0 unspecified atom stereocenters. The molecule has 2 aromatic rings. The van der Waals surface area contributed by atoms with Gasteiger partial charge in [-0.15, -0.1) is 0 Å². The van der Waals surface area contributed by atoms with Crippen LogP contribution >= 0.6 is 11.6 Å². The Bertz CT molecular complexity index is 738. The van der Waals surface area contributed by atoms with Gasteiger partial charge in [0.1, 0.15) is 5.69 Å². The summed E-state index contributed by atoms with van der Waals surface area (Å²) >= 11 is 5.96. The summed E-state index contributed by atoms with van der Waals surface area (Å²) in [6.45, 7) is 2.19. The van der Waals surface area contributed by atoms with Crippen LogP contribution in [0.3, 0.4) is 0 Å². The molecule has 21 heavy (non-hydrogen) atoms. The Kier molecular flexibility index (Phi) is 4.69. The number of hydrogen-bond acceptors (Lipinski definition) is 2. The van der Waals surface area contributed by atoms with Crippen molar-refractivity contribution in [3.8, 4) is 11.8 Å². The van der Waals surface area contributed by atoms with Gasteiger partial charge in [-0.25, -0.2) is 0 Å². The number of nitrogens with one attached hydrogen (secondary N) is 1. The third-order valence-electron chi connectivity index (χ3n) is 3.16. The molecule has 0 fully saturated rings. The van der Waals surface area contributed by atoms with Crippen molar-refractivity contribution in [2.75, 3.05) is 11.9 Å². The topological polar surface area (TPSA) is 60.1 Å². The average molecular weight is 302 g/mol. The molecule has 0 atom stereocenters. The third-order valence-corrected chi connectivity index (χ3v) is 3.40. The number of carbonyl (C=O) groups is 1. The molecule has 0 aliphatic rings. The van der Waals surface area contributed by atoms with E-state index in [1.165, 1.54) is 0 Å². The number of aromatic nitrogens is 1. The number of benzene rings is 1. The number of amides is 1. The van der Waals surface area contributed by atoms with Crippen molar-refractivity contribution in [2.24, 2.45) is 12.8 Å². The van der Waals surface area contributed by atoms with Crippen molar-refractivity contribution in [1.29, 1.82) is 0 Å².